The molecule has 0 atom stereocenters. The summed E-state index contributed by atoms with van der Waals surface area (Å²) < 4.78 is 0. The smallest absolute Gasteiger partial charge is 0.264 e. The number of nitrogens with zero attached hydrogens (tertiary/aromatic N) is 1. The molecule has 0 unspecified atom stereocenters. The Labute approximate surface area is 100 Å². The number of hydrogen-bond acceptors (Lipinski definition) is 2. The molecule has 0 saturated heterocycles. The Bertz CT molecular complexity index is 292. The quantitative estimate of drug-likeness (QED) is 0.395. The second-order valence-corrected chi connectivity index (χ2v) is 1.93. The Hall–Kier alpha value is -0.560. The van der Waals surface area contributed by atoms with Crippen LogP contribution in [0.3, 0.4) is 0 Å². The molecule has 0 bridgehead atoms. The first-order valence-corrected chi connectivity index (χ1v) is 3.09. The summed E-state index contributed by atoms with van der Waals surface area (Å²) in [6.45, 7) is 0. The van der Waals surface area contributed by atoms with Crippen molar-refractivity contribution in [1.29, 1.82) is 5.26 Å². The number of nitriles is 1. The molecule has 56 valence electrons. The summed E-state index contributed by atoms with van der Waals surface area (Å²) in [5.41, 5.74) is 0.494. The standard InChI is InChI=1S/C8H6N2O.Ca/c9-6-10-8(11)7-4-2-1-3-5-7;/h1-5H,(H,10,11);. The number of amides is 1. The van der Waals surface area contributed by atoms with Gasteiger partial charge in [0.05, 0.1) is 0 Å². The van der Waals surface area contributed by atoms with E-state index in [1.165, 1.54) is 0 Å². The molecule has 0 heterocycles. The van der Waals surface area contributed by atoms with Crippen molar-refractivity contribution < 1.29 is 4.79 Å². The van der Waals surface area contributed by atoms with Crippen molar-refractivity contribution in [1.82, 2.24) is 5.32 Å². The second kappa shape index (κ2) is 6.01. The molecule has 1 aromatic rings. The molecule has 1 N–H and O–H groups in total. The molecule has 0 aliphatic heterocycles. The maximum atomic E-state index is 10.9. The van der Waals surface area contributed by atoms with E-state index in [2.05, 4.69) is 0 Å². The first-order valence-electron chi connectivity index (χ1n) is 3.09. The molecule has 0 aromatic heterocycles. The fourth-order valence-corrected chi connectivity index (χ4v) is 0.712. The van der Waals surface area contributed by atoms with Gasteiger partial charge in [0, 0.05) is 43.3 Å². The molecule has 2 radical (unpaired) electrons. The van der Waals surface area contributed by atoms with Crippen molar-refractivity contribution in [3.63, 3.8) is 0 Å². The topological polar surface area (TPSA) is 52.9 Å². The van der Waals surface area contributed by atoms with Gasteiger partial charge in [-0.15, -0.1) is 0 Å². The molecule has 0 spiro atoms. The third-order valence-electron chi connectivity index (χ3n) is 1.21. The zero-order chi connectivity index (χ0) is 8.10. The van der Waals surface area contributed by atoms with Gasteiger partial charge in [0.2, 0.25) is 0 Å². The number of carbonyl (C=O) groups excluding carboxylic acids is 1. The van der Waals surface area contributed by atoms with E-state index < -0.39 is 0 Å². The summed E-state index contributed by atoms with van der Waals surface area (Å²) in [5, 5.41) is 10.1. The number of rotatable bonds is 1. The van der Waals surface area contributed by atoms with E-state index in [-0.39, 0.29) is 43.6 Å². The van der Waals surface area contributed by atoms with Crippen LogP contribution in [-0.2, 0) is 0 Å². The average Bonchev–Trinajstić information content (AvgIpc) is 2.07. The Kier molecular flexibility index (Phi) is 5.73. The van der Waals surface area contributed by atoms with E-state index in [0.717, 1.165) is 0 Å². The fraction of sp³-hybridized carbons (Fsp3) is 0. The van der Waals surface area contributed by atoms with Gasteiger partial charge in [-0.1, -0.05) is 18.2 Å². The van der Waals surface area contributed by atoms with Gasteiger partial charge < -0.3 is 0 Å². The SMILES string of the molecule is N#CNC(=O)c1ccccc1.[Ca]. The summed E-state index contributed by atoms with van der Waals surface area (Å²) in [7, 11) is 0. The molecule has 0 saturated carbocycles. The van der Waals surface area contributed by atoms with Crippen molar-refractivity contribution in [3.8, 4) is 6.19 Å². The van der Waals surface area contributed by atoms with Gasteiger partial charge in [-0.2, -0.15) is 5.26 Å². The van der Waals surface area contributed by atoms with Gasteiger partial charge in [-0.05, 0) is 12.1 Å². The van der Waals surface area contributed by atoms with E-state index in [0.29, 0.717) is 5.56 Å². The molecule has 12 heavy (non-hydrogen) atoms. The minimum atomic E-state index is -0.367. The summed E-state index contributed by atoms with van der Waals surface area (Å²) in [6, 6.07) is 8.58. The van der Waals surface area contributed by atoms with Gasteiger partial charge in [0.1, 0.15) is 0 Å². The molecule has 1 amide bonds. The number of carbonyl (C=O) groups is 1. The van der Waals surface area contributed by atoms with Gasteiger partial charge in [0.25, 0.3) is 5.91 Å². The monoisotopic (exact) mass is 186 g/mol. The Morgan fingerprint density at radius 2 is 1.92 bits per heavy atom. The first kappa shape index (κ1) is 11.4. The minimum absolute atomic E-state index is 0. The molecular formula is C8H6CaN2O. The summed E-state index contributed by atoms with van der Waals surface area (Å²) in [4.78, 5) is 10.9. The number of benzene rings is 1. The van der Waals surface area contributed by atoms with E-state index in [1.54, 1.807) is 30.5 Å². The normalized spacial score (nSPS) is 7.58. The van der Waals surface area contributed by atoms with E-state index in [9.17, 15) is 4.79 Å². The average molecular weight is 186 g/mol. The first-order chi connectivity index (χ1) is 5.34. The van der Waals surface area contributed by atoms with Gasteiger partial charge >= 0.3 is 0 Å². The second-order valence-electron chi connectivity index (χ2n) is 1.93. The molecule has 1 aromatic carbocycles. The Morgan fingerprint density at radius 1 is 1.33 bits per heavy atom. The van der Waals surface area contributed by atoms with Crippen LogP contribution in [0, 0.1) is 11.5 Å². The van der Waals surface area contributed by atoms with Crippen molar-refractivity contribution in [2.45, 2.75) is 0 Å². The predicted octanol–water partition coefficient (Wildman–Crippen LogP) is 0.517. The summed E-state index contributed by atoms with van der Waals surface area (Å²) in [6.07, 6.45) is 1.57. The maximum absolute atomic E-state index is 10.9. The van der Waals surface area contributed by atoms with E-state index >= 15 is 0 Å². The van der Waals surface area contributed by atoms with Crippen molar-refractivity contribution in [2.75, 3.05) is 0 Å². The van der Waals surface area contributed by atoms with Crippen molar-refractivity contribution >= 4 is 43.6 Å². The zero-order valence-corrected chi connectivity index (χ0v) is 8.66. The van der Waals surface area contributed by atoms with Gasteiger partial charge in [-0.25, -0.2) is 0 Å². The number of nitrogens with one attached hydrogen (secondary N) is 1. The summed E-state index contributed by atoms with van der Waals surface area (Å²) >= 11 is 0. The summed E-state index contributed by atoms with van der Waals surface area (Å²) in [5.74, 6) is -0.367. The van der Waals surface area contributed by atoms with Crippen LogP contribution >= 0.6 is 0 Å². The van der Waals surface area contributed by atoms with Crippen LogP contribution in [0.15, 0.2) is 30.3 Å². The van der Waals surface area contributed by atoms with Gasteiger partial charge in [0.15, 0.2) is 6.19 Å². The van der Waals surface area contributed by atoms with Crippen molar-refractivity contribution in [3.05, 3.63) is 35.9 Å². The number of hydrogen-bond donors (Lipinski definition) is 1. The van der Waals surface area contributed by atoms with Crippen LogP contribution < -0.4 is 5.32 Å². The van der Waals surface area contributed by atoms with Crippen LogP contribution in [0.25, 0.3) is 0 Å². The van der Waals surface area contributed by atoms with Gasteiger partial charge in [-0.3, -0.25) is 10.1 Å². The fourth-order valence-electron chi connectivity index (χ4n) is 0.712. The zero-order valence-electron chi connectivity index (χ0n) is 6.45. The molecule has 0 aliphatic carbocycles. The molecule has 0 fully saturated rings. The van der Waals surface area contributed by atoms with Crippen LogP contribution in [0.5, 0.6) is 0 Å². The third kappa shape index (κ3) is 3.22. The maximum Gasteiger partial charge on any atom is 0.264 e. The van der Waals surface area contributed by atoms with Crippen LogP contribution in [0.1, 0.15) is 10.4 Å². The molecule has 3 nitrogen and oxygen atoms in total. The largest absolute Gasteiger partial charge is 0.268 e. The van der Waals surface area contributed by atoms with E-state index in [4.69, 9.17) is 5.26 Å². The molecular weight excluding hydrogens is 180 g/mol. The Morgan fingerprint density at radius 3 is 2.42 bits per heavy atom. The van der Waals surface area contributed by atoms with Crippen molar-refractivity contribution in [2.24, 2.45) is 0 Å². The third-order valence-corrected chi connectivity index (χ3v) is 1.21. The van der Waals surface area contributed by atoms with Crippen LogP contribution in [-0.4, -0.2) is 43.6 Å². The molecule has 0 aliphatic rings. The van der Waals surface area contributed by atoms with Crippen LogP contribution in [0.2, 0.25) is 0 Å². The van der Waals surface area contributed by atoms with E-state index in [1.807, 2.05) is 11.4 Å². The minimum Gasteiger partial charge on any atom is -0.268 e. The molecule has 4 heteroatoms. The Balaban J connectivity index is 0.00000121. The van der Waals surface area contributed by atoms with Crippen LogP contribution in [0.4, 0.5) is 0 Å². The molecule has 1 rings (SSSR count). The predicted molar refractivity (Wildman–Crippen MR) is 45.3 cm³/mol.